The van der Waals surface area contributed by atoms with E-state index >= 15 is 0 Å². The Bertz CT molecular complexity index is 1200. The molecule has 0 bridgehead atoms. The van der Waals surface area contributed by atoms with E-state index in [-0.39, 0.29) is 19.1 Å². The molecular formula is C26H25ClN2O5S. The minimum Gasteiger partial charge on any atom is -0.481 e. The molecule has 3 aromatic rings. The lowest BCUT2D eigenvalue weighted by Gasteiger charge is -2.26. The third-order valence-electron chi connectivity index (χ3n) is 5.98. The van der Waals surface area contributed by atoms with Gasteiger partial charge in [-0.3, -0.25) is 9.59 Å². The molecule has 0 fully saturated rings. The molecule has 2 aromatic carbocycles. The fourth-order valence-corrected chi connectivity index (χ4v) is 5.45. The number of carbonyl (C=O) groups excluding carboxylic acids is 2. The maximum absolute atomic E-state index is 13.1. The Hall–Kier alpha value is -3.36. The number of hydrogen-bond donors (Lipinski definition) is 2. The number of carbonyl (C=O) groups is 3. The van der Waals surface area contributed by atoms with E-state index in [1.165, 1.54) is 16.2 Å². The Balaban J connectivity index is 1.43. The lowest BCUT2D eigenvalue weighted by molar-refractivity contribution is -0.142. The second-order valence-electron chi connectivity index (χ2n) is 8.18. The van der Waals surface area contributed by atoms with Gasteiger partial charge in [-0.25, -0.2) is 4.79 Å². The monoisotopic (exact) mass is 512 g/mol. The molecule has 0 saturated carbocycles. The number of hydrogen-bond acceptors (Lipinski definition) is 5. The molecule has 0 aliphatic heterocycles. The Kier molecular flexibility index (Phi) is 7.73. The average molecular weight is 513 g/mol. The zero-order valence-corrected chi connectivity index (χ0v) is 20.6. The molecule has 0 saturated heterocycles. The summed E-state index contributed by atoms with van der Waals surface area (Å²) in [6.07, 6.45) is -1.38. The number of amides is 2. The summed E-state index contributed by atoms with van der Waals surface area (Å²) < 4.78 is 6.11. The van der Waals surface area contributed by atoms with Gasteiger partial charge in [0.05, 0.1) is 17.3 Å². The van der Waals surface area contributed by atoms with Gasteiger partial charge < -0.3 is 20.1 Å². The summed E-state index contributed by atoms with van der Waals surface area (Å²) in [5, 5.41) is 11.8. The zero-order valence-electron chi connectivity index (χ0n) is 19.1. The quantitative estimate of drug-likeness (QED) is 0.414. The van der Waals surface area contributed by atoms with Gasteiger partial charge in [0.2, 0.25) is 5.91 Å². The van der Waals surface area contributed by atoms with Crippen molar-refractivity contribution >= 4 is 40.9 Å². The van der Waals surface area contributed by atoms with Crippen molar-refractivity contribution in [3.05, 3.63) is 81.0 Å². The molecule has 7 nitrogen and oxygen atoms in total. The summed E-state index contributed by atoms with van der Waals surface area (Å²) in [6, 6.07) is 18.2. The molecule has 1 atom stereocenters. The molecule has 1 unspecified atom stereocenters. The topological polar surface area (TPSA) is 95.9 Å². The first-order valence-corrected chi connectivity index (χ1v) is 12.4. The molecule has 1 aliphatic carbocycles. The number of likely N-dealkylation sites (N-methyl/N-ethyl adjacent to an activating group) is 1. The number of fused-ring (bicyclic) bond motifs is 3. The number of benzene rings is 2. The highest BCUT2D eigenvalue weighted by Crippen LogP contribution is 2.44. The Morgan fingerprint density at radius 3 is 2.23 bits per heavy atom. The van der Waals surface area contributed by atoms with Crippen LogP contribution in [0.1, 0.15) is 35.3 Å². The second kappa shape index (κ2) is 10.9. The minimum absolute atomic E-state index is 0.0685. The van der Waals surface area contributed by atoms with E-state index in [1.54, 1.807) is 13.0 Å². The van der Waals surface area contributed by atoms with Crippen LogP contribution < -0.4 is 5.32 Å². The van der Waals surface area contributed by atoms with Crippen LogP contribution in [-0.2, 0) is 20.9 Å². The van der Waals surface area contributed by atoms with Crippen LogP contribution in [0.2, 0.25) is 4.34 Å². The van der Waals surface area contributed by atoms with E-state index in [9.17, 15) is 19.5 Å². The highest BCUT2D eigenvalue weighted by atomic mass is 35.5. The molecule has 1 heterocycles. The number of rotatable bonds is 9. The maximum Gasteiger partial charge on any atom is 0.407 e. The predicted molar refractivity (Wildman–Crippen MR) is 135 cm³/mol. The van der Waals surface area contributed by atoms with Crippen LogP contribution in [0.5, 0.6) is 0 Å². The van der Waals surface area contributed by atoms with Crippen LogP contribution in [-0.4, -0.2) is 47.2 Å². The van der Waals surface area contributed by atoms with Crippen molar-refractivity contribution in [3.63, 3.8) is 0 Å². The van der Waals surface area contributed by atoms with Gasteiger partial charge >= 0.3 is 12.1 Å². The molecule has 1 aliphatic rings. The molecule has 1 aromatic heterocycles. The van der Waals surface area contributed by atoms with Crippen molar-refractivity contribution in [3.8, 4) is 11.1 Å². The smallest absolute Gasteiger partial charge is 0.407 e. The summed E-state index contributed by atoms with van der Waals surface area (Å²) >= 11 is 7.33. The molecule has 182 valence electrons. The van der Waals surface area contributed by atoms with Crippen LogP contribution in [0, 0.1) is 0 Å². The van der Waals surface area contributed by atoms with Crippen LogP contribution in [0.25, 0.3) is 11.1 Å². The molecule has 0 spiro atoms. The molecule has 2 N–H and O–H groups in total. The number of ether oxygens (including phenoxy) is 1. The van der Waals surface area contributed by atoms with Crippen molar-refractivity contribution in [1.29, 1.82) is 0 Å². The van der Waals surface area contributed by atoms with Gasteiger partial charge in [0, 0.05) is 17.3 Å². The van der Waals surface area contributed by atoms with Crippen molar-refractivity contribution < 1.29 is 24.2 Å². The van der Waals surface area contributed by atoms with Crippen LogP contribution in [0.3, 0.4) is 0 Å². The standard InChI is InChI=1S/C26H25ClN2O5S/c1-2-29(14-16-11-12-23(27)35-16)25(32)22(13-24(30)31)28-26(33)34-15-21-19-9-5-3-7-17(19)18-8-4-6-10-20(18)21/h3-12,21-22H,2,13-15H2,1H3,(H,28,33)(H,30,31). The second-order valence-corrected chi connectivity index (χ2v) is 9.98. The number of thiophene rings is 1. The first-order chi connectivity index (χ1) is 16.9. The van der Waals surface area contributed by atoms with Crippen molar-refractivity contribution in [1.82, 2.24) is 10.2 Å². The van der Waals surface area contributed by atoms with E-state index in [4.69, 9.17) is 16.3 Å². The first-order valence-electron chi connectivity index (χ1n) is 11.2. The molecule has 0 radical (unpaired) electrons. The highest BCUT2D eigenvalue weighted by molar-refractivity contribution is 7.16. The number of aliphatic carboxylic acids is 1. The normalized spacial score (nSPS) is 13.0. The lowest BCUT2D eigenvalue weighted by atomic mass is 9.98. The largest absolute Gasteiger partial charge is 0.481 e. The summed E-state index contributed by atoms with van der Waals surface area (Å²) in [4.78, 5) is 39.6. The summed E-state index contributed by atoms with van der Waals surface area (Å²) in [7, 11) is 0. The predicted octanol–water partition coefficient (Wildman–Crippen LogP) is 5.13. The summed E-state index contributed by atoms with van der Waals surface area (Å²) in [5.74, 6) is -1.83. The van der Waals surface area contributed by atoms with E-state index in [1.807, 2.05) is 54.6 Å². The van der Waals surface area contributed by atoms with Gasteiger partial charge in [-0.15, -0.1) is 11.3 Å². The van der Waals surface area contributed by atoms with Crippen molar-refractivity contribution in [2.75, 3.05) is 13.2 Å². The Morgan fingerprint density at radius 1 is 1.06 bits per heavy atom. The van der Waals surface area contributed by atoms with Crippen LogP contribution in [0.4, 0.5) is 4.79 Å². The highest BCUT2D eigenvalue weighted by Gasteiger charge is 2.31. The van der Waals surface area contributed by atoms with Gasteiger partial charge in [0.1, 0.15) is 12.6 Å². The maximum atomic E-state index is 13.1. The van der Waals surface area contributed by atoms with Crippen molar-refractivity contribution in [2.24, 2.45) is 0 Å². The molecule has 35 heavy (non-hydrogen) atoms. The fraction of sp³-hybridized carbons (Fsp3) is 0.269. The molecule has 9 heteroatoms. The number of nitrogens with zero attached hydrogens (tertiary/aromatic N) is 1. The van der Waals surface area contributed by atoms with Gasteiger partial charge in [0.25, 0.3) is 0 Å². The number of carboxylic acid groups (broad SMARTS) is 1. The zero-order chi connectivity index (χ0) is 24.9. The van der Waals surface area contributed by atoms with E-state index < -0.39 is 30.4 Å². The number of halogens is 1. The lowest BCUT2D eigenvalue weighted by Crippen LogP contribution is -2.49. The van der Waals surface area contributed by atoms with E-state index in [0.29, 0.717) is 10.9 Å². The molecular weight excluding hydrogens is 488 g/mol. The van der Waals surface area contributed by atoms with Gasteiger partial charge in [-0.2, -0.15) is 0 Å². The van der Waals surface area contributed by atoms with Gasteiger partial charge in [-0.05, 0) is 41.3 Å². The Labute approximate surface area is 212 Å². The SMILES string of the molecule is CCN(Cc1ccc(Cl)s1)C(=O)C(CC(=O)O)NC(=O)OCC1c2ccccc2-c2ccccc21. The fourth-order valence-electron chi connectivity index (χ4n) is 4.35. The van der Waals surface area contributed by atoms with Crippen molar-refractivity contribution in [2.45, 2.75) is 31.8 Å². The Morgan fingerprint density at radius 2 is 1.69 bits per heavy atom. The molecule has 4 rings (SSSR count). The summed E-state index contributed by atoms with van der Waals surface area (Å²) in [6.45, 7) is 2.48. The molecule has 2 amide bonds. The number of carboxylic acids is 1. The minimum atomic E-state index is -1.25. The van der Waals surface area contributed by atoms with Crippen LogP contribution >= 0.6 is 22.9 Å². The third kappa shape index (κ3) is 5.66. The number of alkyl carbamates (subject to hydrolysis) is 1. The van der Waals surface area contributed by atoms with Crippen LogP contribution in [0.15, 0.2) is 60.7 Å². The van der Waals surface area contributed by atoms with Gasteiger partial charge in [0.15, 0.2) is 0 Å². The van der Waals surface area contributed by atoms with E-state index in [0.717, 1.165) is 27.1 Å². The first kappa shape index (κ1) is 24.8. The third-order valence-corrected chi connectivity index (χ3v) is 7.20. The average Bonchev–Trinajstić information content (AvgIpc) is 3.40. The van der Waals surface area contributed by atoms with E-state index in [2.05, 4.69) is 5.32 Å². The van der Waals surface area contributed by atoms with Gasteiger partial charge in [-0.1, -0.05) is 60.1 Å². The number of nitrogens with one attached hydrogen (secondary N) is 1. The summed E-state index contributed by atoms with van der Waals surface area (Å²) in [5.41, 5.74) is 4.32.